The summed E-state index contributed by atoms with van der Waals surface area (Å²) in [5.41, 5.74) is 7.81. The van der Waals surface area contributed by atoms with Crippen molar-refractivity contribution in [2.45, 2.75) is 25.7 Å². The molecular weight excluding hydrogens is 529 g/mol. The van der Waals surface area contributed by atoms with Gasteiger partial charge in [-0.15, -0.1) is 0 Å². The number of benzene rings is 2. The number of likely N-dealkylation sites (tertiary alicyclic amines) is 1. The van der Waals surface area contributed by atoms with Crippen LogP contribution in [0.2, 0.25) is 5.02 Å². The van der Waals surface area contributed by atoms with Gasteiger partial charge >= 0.3 is 0 Å². The van der Waals surface area contributed by atoms with Gasteiger partial charge in [0.1, 0.15) is 5.82 Å². The first kappa shape index (κ1) is 23.5. The molecule has 0 radical (unpaired) electrons. The Morgan fingerprint density at radius 3 is 2.54 bits per heavy atom. The number of nitrogens with zero attached hydrogens (tertiary/aromatic N) is 4. The van der Waals surface area contributed by atoms with Crippen molar-refractivity contribution in [3.05, 3.63) is 98.0 Å². The molecule has 0 bridgehead atoms. The zero-order chi connectivity index (χ0) is 24.4. The number of hydrogen-bond donors (Lipinski definition) is 1. The molecule has 2 aliphatic rings. The quantitative estimate of drug-likeness (QED) is 0.165. The highest BCUT2D eigenvalue weighted by Crippen LogP contribution is 2.39. The molecule has 2 heterocycles. The molecule has 0 amide bonds. The van der Waals surface area contributed by atoms with E-state index in [1.807, 2.05) is 18.5 Å². The van der Waals surface area contributed by atoms with Gasteiger partial charge in [0.05, 0.1) is 11.4 Å². The molecular formula is C27H22BrClFN5. The number of rotatable bonds is 1. The average Bonchev–Trinajstić information content (AvgIpc) is 3.01. The fourth-order valence-corrected chi connectivity index (χ4v) is 5.34. The number of nitrogens with one attached hydrogen (secondary N) is 1. The molecule has 0 atom stereocenters. The number of halogens is 3. The highest BCUT2D eigenvalue weighted by molar-refractivity contribution is 9.10. The summed E-state index contributed by atoms with van der Waals surface area (Å²) in [4.78, 5) is 11.5. The molecule has 1 N–H and O–H groups in total. The van der Waals surface area contributed by atoms with Crippen molar-refractivity contribution < 1.29 is 4.39 Å². The van der Waals surface area contributed by atoms with E-state index in [-0.39, 0.29) is 5.82 Å². The maximum atomic E-state index is 13.3. The minimum atomic E-state index is -0.320. The number of aliphatic imine (C=N–C) groups is 1. The minimum Gasteiger partial charge on any atom is -0.341 e. The number of pyridine rings is 1. The van der Waals surface area contributed by atoms with E-state index >= 15 is 0 Å². The number of nitriles is 1. The van der Waals surface area contributed by atoms with Crippen LogP contribution in [0, 0.1) is 17.3 Å². The first-order valence-electron chi connectivity index (χ1n) is 11.4. The predicted octanol–water partition coefficient (Wildman–Crippen LogP) is 6.39. The Balaban J connectivity index is 1.50. The van der Waals surface area contributed by atoms with Crippen LogP contribution in [-0.2, 0) is 12.8 Å². The Morgan fingerprint density at radius 1 is 1.06 bits per heavy atom. The van der Waals surface area contributed by atoms with Gasteiger partial charge in [-0.25, -0.2) is 9.38 Å². The lowest BCUT2D eigenvalue weighted by Gasteiger charge is -2.32. The zero-order valence-corrected chi connectivity index (χ0v) is 21.2. The van der Waals surface area contributed by atoms with Gasteiger partial charge in [-0.1, -0.05) is 23.2 Å². The number of hydrogen-bond acceptors (Lipinski definition) is 3. The van der Waals surface area contributed by atoms with Gasteiger partial charge in [-0.05, 0) is 101 Å². The van der Waals surface area contributed by atoms with E-state index in [2.05, 4.69) is 49.3 Å². The summed E-state index contributed by atoms with van der Waals surface area (Å²) in [6, 6.07) is 14.2. The summed E-state index contributed by atoms with van der Waals surface area (Å²) in [6.07, 6.45) is 7.27. The largest absolute Gasteiger partial charge is 0.341 e. The third-order valence-electron chi connectivity index (χ3n) is 6.42. The van der Waals surface area contributed by atoms with E-state index in [0.717, 1.165) is 40.9 Å². The predicted molar refractivity (Wildman–Crippen MR) is 140 cm³/mol. The molecule has 1 fully saturated rings. The molecule has 35 heavy (non-hydrogen) atoms. The lowest BCUT2D eigenvalue weighted by Crippen LogP contribution is -2.42. The van der Waals surface area contributed by atoms with E-state index in [1.54, 1.807) is 12.1 Å². The van der Waals surface area contributed by atoms with E-state index in [0.29, 0.717) is 24.7 Å². The fourth-order valence-electron chi connectivity index (χ4n) is 4.77. The maximum absolute atomic E-state index is 13.3. The van der Waals surface area contributed by atoms with Crippen molar-refractivity contribution in [2.75, 3.05) is 13.1 Å². The third kappa shape index (κ3) is 5.09. The van der Waals surface area contributed by atoms with Gasteiger partial charge in [0.25, 0.3) is 0 Å². The summed E-state index contributed by atoms with van der Waals surface area (Å²) < 4.78 is 14.3. The van der Waals surface area contributed by atoms with Crippen LogP contribution in [0.4, 0.5) is 10.1 Å². The van der Waals surface area contributed by atoms with Crippen molar-refractivity contribution in [3.8, 4) is 6.19 Å². The first-order valence-corrected chi connectivity index (χ1v) is 12.6. The van der Waals surface area contributed by atoms with Crippen LogP contribution in [0.1, 0.15) is 35.2 Å². The maximum Gasteiger partial charge on any atom is 0.212 e. The highest BCUT2D eigenvalue weighted by Gasteiger charge is 2.26. The van der Waals surface area contributed by atoms with Crippen LogP contribution in [0.15, 0.2) is 69.8 Å². The van der Waals surface area contributed by atoms with Crippen molar-refractivity contribution in [3.63, 3.8) is 0 Å². The van der Waals surface area contributed by atoms with Crippen LogP contribution < -0.4 is 5.32 Å². The molecule has 0 unspecified atom stereocenters. The van der Waals surface area contributed by atoms with Crippen molar-refractivity contribution in [1.29, 1.82) is 5.26 Å². The summed E-state index contributed by atoms with van der Waals surface area (Å²) in [6.45, 7) is 1.39. The van der Waals surface area contributed by atoms with Crippen LogP contribution >= 0.6 is 27.5 Å². The molecule has 5 nitrogen and oxygen atoms in total. The second kappa shape index (κ2) is 10.2. The standard InChI is InChI=1S/C27H22BrClFN5/c28-20-13-19-2-1-18-14-21(29)3-8-24(18)25(26(19)32-15-20)17-9-11-35(12-10-17)27(33-16-31)34-23-6-4-22(30)5-7-23/h3-8,13-15H,1-2,9-12H2,(H,33,34). The molecule has 3 aromatic rings. The number of guanidine groups is 1. The van der Waals surface area contributed by atoms with E-state index in [4.69, 9.17) is 16.6 Å². The van der Waals surface area contributed by atoms with Crippen LogP contribution in [-0.4, -0.2) is 28.9 Å². The number of aryl methyl sites for hydroxylation is 2. The zero-order valence-electron chi connectivity index (χ0n) is 18.9. The Hall–Kier alpha value is -3.21. The van der Waals surface area contributed by atoms with Crippen molar-refractivity contribution in [2.24, 2.45) is 4.99 Å². The molecule has 1 aromatic heterocycles. The molecule has 1 aliphatic carbocycles. The molecule has 176 valence electrons. The average molecular weight is 551 g/mol. The molecule has 1 aliphatic heterocycles. The number of fused-ring (bicyclic) bond motifs is 2. The third-order valence-corrected chi connectivity index (χ3v) is 7.09. The number of aromatic nitrogens is 1. The summed E-state index contributed by atoms with van der Waals surface area (Å²) >= 11 is 9.92. The molecule has 8 heteroatoms. The van der Waals surface area contributed by atoms with E-state index in [1.165, 1.54) is 40.0 Å². The molecule has 1 saturated heterocycles. The molecule has 5 rings (SSSR count). The van der Waals surface area contributed by atoms with E-state index in [9.17, 15) is 9.65 Å². The SMILES string of the molecule is N#CNC(=Nc1ccc(F)cc1)N1CCC(=C2c3ccc(Cl)cc3CCc3cc(Br)cnc32)CC1. The van der Waals surface area contributed by atoms with Crippen molar-refractivity contribution >= 4 is 44.8 Å². The van der Waals surface area contributed by atoms with Crippen LogP contribution in [0.3, 0.4) is 0 Å². The summed E-state index contributed by atoms with van der Waals surface area (Å²) in [5.74, 6) is 0.150. The second-order valence-electron chi connectivity index (χ2n) is 8.58. The van der Waals surface area contributed by atoms with Gasteiger partial charge in [0, 0.05) is 34.4 Å². The minimum absolute atomic E-state index is 0.320. The second-order valence-corrected chi connectivity index (χ2v) is 9.93. The van der Waals surface area contributed by atoms with Crippen LogP contribution in [0.5, 0.6) is 0 Å². The first-order chi connectivity index (χ1) is 17.0. The molecule has 0 saturated carbocycles. The number of piperidine rings is 1. The van der Waals surface area contributed by atoms with Gasteiger partial charge in [0.2, 0.25) is 5.96 Å². The monoisotopic (exact) mass is 549 g/mol. The topological polar surface area (TPSA) is 64.3 Å². The Kier molecular flexibility index (Phi) is 6.85. The van der Waals surface area contributed by atoms with Gasteiger partial charge in [0.15, 0.2) is 6.19 Å². The molecule has 0 spiro atoms. The van der Waals surface area contributed by atoms with Crippen molar-refractivity contribution in [1.82, 2.24) is 15.2 Å². The van der Waals surface area contributed by atoms with Gasteiger partial charge in [-0.2, -0.15) is 5.26 Å². The normalized spacial score (nSPS) is 15.7. The fraction of sp³-hybridized carbons (Fsp3) is 0.222. The lowest BCUT2D eigenvalue weighted by atomic mass is 9.88. The highest BCUT2D eigenvalue weighted by atomic mass is 79.9. The summed E-state index contributed by atoms with van der Waals surface area (Å²) in [7, 11) is 0. The Bertz CT molecular complexity index is 1310. The Labute approximate surface area is 217 Å². The smallest absolute Gasteiger partial charge is 0.212 e. The lowest BCUT2D eigenvalue weighted by molar-refractivity contribution is 0.380. The summed E-state index contributed by atoms with van der Waals surface area (Å²) in [5, 5.41) is 12.7. The van der Waals surface area contributed by atoms with E-state index < -0.39 is 0 Å². The molecule has 2 aromatic carbocycles. The van der Waals surface area contributed by atoms with Gasteiger partial charge < -0.3 is 4.90 Å². The van der Waals surface area contributed by atoms with Gasteiger partial charge in [-0.3, -0.25) is 10.3 Å². The van der Waals surface area contributed by atoms with Crippen LogP contribution in [0.25, 0.3) is 5.57 Å². The Morgan fingerprint density at radius 2 is 1.80 bits per heavy atom.